The first kappa shape index (κ1) is 12.8. The fraction of sp³-hybridized carbons (Fsp3) is 0.333. The second-order valence-electron chi connectivity index (χ2n) is 3.52. The number of benzene rings is 1. The number of unbranched alkanes of at least 4 members (excludes halogenated alkanes) is 2. The minimum Gasteiger partial charge on any atom is -0.494 e. The molecule has 0 radical (unpaired) electrons. The van der Waals surface area contributed by atoms with Crippen LogP contribution in [0.2, 0.25) is 0 Å². The molecule has 0 bridgehead atoms. The molecule has 0 atom stereocenters. The number of nitrogens with zero attached hydrogens (tertiary/aromatic N) is 1. The number of hydrogen-bond donors (Lipinski definition) is 2. The number of carboxylic acids is 1. The van der Waals surface area contributed by atoms with Gasteiger partial charge in [-0.25, -0.2) is 4.79 Å². The molecule has 0 aromatic heterocycles. The Bertz CT molecular complexity index is 438. The second-order valence-corrected chi connectivity index (χ2v) is 3.52. The van der Waals surface area contributed by atoms with Crippen LogP contribution in [0.25, 0.3) is 0 Å². The third kappa shape index (κ3) is 4.03. The van der Waals surface area contributed by atoms with Gasteiger partial charge in [0.25, 0.3) is 0 Å². The molecule has 5 nitrogen and oxygen atoms in total. The van der Waals surface area contributed by atoms with Gasteiger partial charge in [0.15, 0.2) is 0 Å². The smallest absolute Gasteiger partial charge is 0.337 e. The molecule has 0 saturated carbocycles. The highest BCUT2D eigenvalue weighted by Crippen LogP contribution is 2.20. The van der Waals surface area contributed by atoms with Crippen LogP contribution in [0.15, 0.2) is 18.2 Å². The predicted molar refractivity (Wildman–Crippen MR) is 62.8 cm³/mol. The first-order valence-corrected chi connectivity index (χ1v) is 5.27. The summed E-state index contributed by atoms with van der Waals surface area (Å²) >= 11 is 0. The minimum atomic E-state index is -1.05. The van der Waals surface area contributed by atoms with Gasteiger partial charge in [-0.05, 0) is 25.0 Å². The summed E-state index contributed by atoms with van der Waals surface area (Å²) in [6, 6.07) is 6.54. The topological polar surface area (TPSA) is 96.3 Å². The van der Waals surface area contributed by atoms with Crippen LogP contribution < -0.4 is 10.5 Å². The Morgan fingerprint density at radius 1 is 1.47 bits per heavy atom. The van der Waals surface area contributed by atoms with Crippen LogP contribution in [-0.4, -0.2) is 17.7 Å². The molecule has 0 fully saturated rings. The number of anilines is 1. The number of aromatic carboxylic acids is 1. The Hall–Kier alpha value is -2.22. The Morgan fingerprint density at radius 2 is 2.24 bits per heavy atom. The van der Waals surface area contributed by atoms with Gasteiger partial charge in [0, 0.05) is 18.2 Å². The zero-order valence-electron chi connectivity index (χ0n) is 9.35. The maximum absolute atomic E-state index is 10.7. The Labute approximate surface area is 99.4 Å². The van der Waals surface area contributed by atoms with E-state index in [4.69, 9.17) is 20.8 Å². The Morgan fingerprint density at radius 3 is 2.82 bits per heavy atom. The molecule has 1 aromatic carbocycles. The van der Waals surface area contributed by atoms with Crippen molar-refractivity contribution in [2.45, 2.75) is 19.3 Å². The van der Waals surface area contributed by atoms with Crippen molar-refractivity contribution in [3.8, 4) is 11.8 Å². The SMILES string of the molecule is N#CCCCCOc1ccc(C(=O)O)c(N)c1. The van der Waals surface area contributed by atoms with Gasteiger partial charge in [-0.3, -0.25) is 0 Å². The summed E-state index contributed by atoms with van der Waals surface area (Å²) in [7, 11) is 0. The van der Waals surface area contributed by atoms with Crippen molar-refractivity contribution in [2.75, 3.05) is 12.3 Å². The van der Waals surface area contributed by atoms with Crippen LogP contribution in [0.4, 0.5) is 5.69 Å². The van der Waals surface area contributed by atoms with Crippen molar-refractivity contribution in [1.29, 1.82) is 5.26 Å². The number of carboxylic acid groups (broad SMARTS) is 1. The zero-order valence-corrected chi connectivity index (χ0v) is 9.35. The highest BCUT2D eigenvalue weighted by molar-refractivity contribution is 5.93. The van der Waals surface area contributed by atoms with E-state index in [9.17, 15) is 4.79 Å². The molecule has 1 rings (SSSR count). The quantitative estimate of drug-likeness (QED) is 0.580. The number of nitriles is 1. The van der Waals surface area contributed by atoms with E-state index in [0.29, 0.717) is 18.8 Å². The normalized spacial score (nSPS) is 9.59. The van der Waals surface area contributed by atoms with E-state index in [2.05, 4.69) is 6.07 Å². The number of nitrogens with two attached hydrogens (primary N) is 1. The van der Waals surface area contributed by atoms with Crippen molar-refractivity contribution in [1.82, 2.24) is 0 Å². The summed E-state index contributed by atoms with van der Waals surface area (Å²) in [4.78, 5) is 10.7. The summed E-state index contributed by atoms with van der Waals surface area (Å²) in [5.41, 5.74) is 5.83. The molecule has 0 aliphatic carbocycles. The molecule has 0 heterocycles. The van der Waals surface area contributed by atoms with E-state index >= 15 is 0 Å². The number of hydrogen-bond acceptors (Lipinski definition) is 4. The highest BCUT2D eigenvalue weighted by Gasteiger charge is 2.08. The van der Waals surface area contributed by atoms with Gasteiger partial charge in [0.1, 0.15) is 5.75 Å². The van der Waals surface area contributed by atoms with Crippen molar-refractivity contribution >= 4 is 11.7 Å². The van der Waals surface area contributed by atoms with Gasteiger partial charge in [-0.1, -0.05) is 0 Å². The fourth-order valence-corrected chi connectivity index (χ4v) is 1.32. The van der Waals surface area contributed by atoms with Gasteiger partial charge in [0.05, 0.1) is 18.2 Å². The van der Waals surface area contributed by atoms with E-state index in [1.807, 2.05) is 0 Å². The Balaban J connectivity index is 2.48. The molecule has 1 aromatic rings. The van der Waals surface area contributed by atoms with Gasteiger partial charge >= 0.3 is 5.97 Å². The van der Waals surface area contributed by atoms with Crippen LogP contribution in [0.3, 0.4) is 0 Å². The molecule has 90 valence electrons. The summed E-state index contributed by atoms with van der Waals surface area (Å²) in [5.74, 6) is -0.507. The number of ether oxygens (including phenoxy) is 1. The van der Waals surface area contributed by atoms with Crippen LogP contribution >= 0.6 is 0 Å². The maximum atomic E-state index is 10.7. The number of nitrogen functional groups attached to an aromatic ring is 1. The summed E-state index contributed by atoms with van der Waals surface area (Å²) in [5, 5.41) is 17.1. The molecule has 17 heavy (non-hydrogen) atoms. The zero-order chi connectivity index (χ0) is 12.7. The second kappa shape index (κ2) is 6.38. The third-order valence-electron chi connectivity index (χ3n) is 2.21. The lowest BCUT2D eigenvalue weighted by atomic mass is 10.2. The van der Waals surface area contributed by atoms with E-state index in [0.717, 1.165) is 12.8 Å². The van der Waals surface area contributed by atoms with Crippen LogP contribution in [0.1, 0.15) is 29.6 Å². The van der Waals surface area contributed by atoms with Crippen molar-refractivity contribution in [3.05, 3.63) is 23.8 Å². The molecular formula is C12H14N2O3. The molecule has 3 N–H and O–H groups in total. The van der Waals surface area contributed by atoms with Gasteiger partial charge in [-0.15, -0.1) is 0 Å². The van der Waals surface area contributed by atoms with Gasteiger partial charge < -0.3 is 15.6 Å². The van der Waals surface area contributed by atoms with Crippen molar-refractivity contribution in [3.63, 3.8) is 0 Å². The van der Waals surface area contributed by atoms with Crippen LogP contribution in [-0.2, 0) is 0 Å². The monoisotopic (exact) mass is 234 g/mol. The van der Waals surface area contributed by atoms with E-state index in [-0.39, 0.29) is 11.3 Å². The molecular weight excluding hydrogens is 220 g/mol. The van der Waals surface area contributed by atoms with Gasteiger partial charge in [-0.2, -0.15) is 5.26 Å². The maximum Gasteiger partial charge on any atom is 0.337 e. The van der Waals surface area contributed by atoms with E-state index < -0.39 is 5.97 Å². The Kier molecular flexibility index (Phi) is 4.82. The lowest BCUT2D eigenvalue weighted by molar-refractivity contribution is 0.0698. The van der Waals surface area contributed by atoms with Crippen molar-refractivity contribution in [2.24, 2.45) is 0 Å². The lowest BCUT2D eigenvalue weighted by Crippen LogP contribution is -2.03. The number of carbonyl (C=O) groups is 1. The summed E-state index contributed by atoms with van der Waals surface area (Å²) < 4.78 is 5.39. The van der Waals surface area contributed by atoms with Crippen LogP contribution in [0.5, 0.6) is 5.75 Å². The first-order valence-electron chi connectivity index (χ1n) is 5.27. The van der Waals surface area contributed by atoms with Crippen molar-refractivity contribution < 1.29 is 14.6 Å². The van der Waals surface area contributed by atoms with Gasteiger partial charge in [0.2, 0.25) is 0 Å². The first-order chi connectivity index (χ1) is 8.15. The fourth-order valence-electron chi connectivity index (χ4n) is 1.32. The molecule has 0 unspecified atom stereocenters. The number of rotatable bonds is 6. The van der Waals surface area contributed by atoms with E-state index in [1.54, 1.807) is 6.07 Å². The van der Waals surface area contributed by atoms with E-state index in [1.165, 1.54) is 12.1 Å². The standard InChI is InChI=1S/C12H14N2O3/c13-6-2-1-3-7-17-9-4-5-10(12(15)16)11(14)8-9/h4-5,8H,1-3,7,14H2,(H,15,16). The molecule has 0 saturated heterocycles. The predicted octanol–water partition coefficient (Wildman–Crippen LogP) is 2.04. The third-order valence-corrected chi connectivity index (χ3v) is 2.21. The summed E-state index contributed by atoms with van der Waals surface area (Å²) in [6.07, 6.45) is 2.09. The van der Waals surface area contributed by atoms with Crippen LogP contribution in [0, 0.1) is 11.3 Å². The summed E-state index contributed by atoms with van der Waals surface area (Å²) in [6.45, 7) is 0.494. The molecule has 0 aliphatic rings. The molecule has 0 amide bonds. The lowest BCUT2D eigenvalue weighted by Gasteiger charge is -2.07. The average molecular weight is 234 g/mol. The molecule has 0 spiro atoms. The average Bonchev–Trinajstić information content (AvgIpc) is 2.28. The molecule has 5 heteroatoms. The molecule has 0 aliphatic heterocycles. The largest absolute Gasteiger partial charge is 0.494 e. The highest BCUT2D eigenvalue weighted by atomic mass is 16.5. The minimum absolute atomic E-state index is 0.0711.